The minimum atomic E-state index is -0.511. The number of methoxy groups -OCH3 is 1. The normalized spacial score (nSPS) is 10.8. The predicted molar refractivity (Wildman–Crippen MR) is 121 cm³/mol. The molecular weight excluding hydrogens is 412 g/mol. The Morgan fingerprint density at radius 1 is 1.19 bits per heavy atom. The van der Waals surface area contributed by atoms with E-state index in [0.29, 0.717) is 18.7 Å². The number of aryl methyl sites for hydroxylation is 2. The quantitative estimate of drug-likeness (QED) is 0.370. The van der Waals surface area contributed by atoms with Crippen molar-refractivity contribution in [1.29, 1.82) is 0 Å². The summed E-state index contributed by atoms with van der Waals surface area (Å²) in [4.78, 5) is 40.3. The van der Waals surface area contributed by atoms with Crippen LogP contribution in [0.5, 0.6) is 0 Å². The summed E-state index contributed by atoms with van der Waals surface area (Å²) in [6, 6.07) is 8.25. The van der Waals surface area contributed by atoms with Gasteiger partial charge in [0.25, 0.3) is 11.6 Å². The maximum Gasteiger partial charge on any atom is 0.273 e. The van der Waals surface area contributed by atoms with Crippen molar-refractivity contribution in [3.63, 3.8) is 0 Å². The van der Waals surface area contributed by atoms with Crippen LogP contribution >= 0.6 is 0 Å². The summed E-state index contributed by atoms with van der Waals surface area (Å²) in [7, 11) is 3.45. The van der Waals surface area contributed by atoms with Crippen molar-refractivity contribution < 1.29 is 19.2 Å². The summed E-state index contributed by atoms with van der Waals surface area (Å²) in [5, 5.41) is 11.3. The van der Waals surface area contributed by atoms with Gasteiger partial charge >= 0.3 is 0 Å². The Labute approximate surface area is 188 Å². The van der Waals surface area contributed by atoms with Crippen LogP contribution < -0.4 is 0 Å². The first-order chi connectivity index (χ1) is 15.3. The van der Waals surface area contributed by atoms with E-state index >= 15 is 0 Å². The molecule has 1 aromatic carbocycles. The lowest BCUT2D eigenvalue weighted by Gasteiger charge is -2.28. The van der Waals surface area contributed by atoms with Crippen molar-refractivity contribution in [2.75, 3.05) is 33.4 Å². The first-order valence-corrected chi connectivity index (χ1v) is 10.7. The van der Waals surface area contributed by atoms with Crippen LogP contribution in [0, 0.1) is 17.0 Å². The molecule has 0 bridgehead atoms. The van der Waals surface area contributed by atoms with Crippen LogP contribution in [0.3, 0.4) is 0 Å². The van der Waals surface area contributed by atoms with Gasteiger partial charge in [-0.15, -0.1) is 0 Å². The second kappa shape index (κ2) is 12.0. The topological polar surface area (TPSA) is 97.9 Å². The number of nitro benzene ring substituents is 1. The molecular formula is C23H32N4O5. The molecule has 0 saturated carbocycles. The molecule has 1 aromatic heterocycles. The Kier molecular flexibility index (Phi) is 9.39. The highest BCUT2D eigenvalue weighted by Gasteiger charge is 2.24. The molecule has 1 heterocycles. The van der Waals surface area contributed by atoms with Crippen LogP contribution in [-0.2, 0) is 23.1 Å². The third-order valence-electron chi connectivity index (χ3n) is 5.37. The first kappa shape index (κ1) is 25.1. The van der Waals surface area contributed by atoms with Gasteiger partial charge in [-0.1, -0.05) is 19.4 Å². The fourth-order valence-electron chi connectivity index (χ4n) is 3.34. The van der Waals surface area contributed by atoms with E-state index in [4.69, 9.17) is 4.74 Å². The Balaban J connectivity index is 2.24. The Morgan fingerprint density at radius 3 is 2.53 bits per heavy atom. The monoisotopic (exact) mass is 444 g/mol. The van der Waals surface area contributed by atoms with E-state index < -0.39 is 10.8 Å². The first-order valence-electron chi connectivity index (χ1n) is 10.7. The van der Waals surface area contributed by atoms with Crippen molar-refractivity contribution in [2.24, 2.45) is 7.05 Å². The average molecular weight is 445 g/mol. The smallest absolute Gasteiger partial charge is 0.273 e. The lowest BCUT2D eigenvalue weighted by atomic mass is 10.1. The number of nitro groups is 1. The van der Waals surface area contributed by atoms with Gasteiger partial charge in [-0.2, -0.15) is 0 Å². The molecule has 2 rings (SSSR count). The average Bonchev–Trinajstić information content (AvgIpc) is 3.17. The number of ether oxygens (including phenoxy) is 1. The second-order valence-electron chi connectivity index (χ2n) is 7.76. The van der Waals surface area contributed by atoms with Gasteiger partial charge in [-0.25, -0.2) is 0 Å². The zero-order chi connectivity index (χ0) is 23.7. The summed E-state index contributed by atoms with van der Waals surface area (Å²) in [6.45, 7) is 5.04. The molecule has 0 fully saturated rings. The fraction of sp³-hybridized carbons (Fsp3) is 0.478. The van der Waals surface area contributed by atoms with Crippen LogP contribution in [0.2, 0.25) is 0 Å². The molecule has 0 N–H and O–H groups in total. The third kappa shape index (κ3) is 6.65. The molecule has 0 saturated heterocycles. The van der Waals surface area contributed by atoms with Crippen LogP contribution in [0.25, 0.3) is 0 Å². The number of carbonyl (C=O) groups is 2. The van der Waals surface area contributed by atoms with E-state index in [-0.39, 0.29) is 36.9 Å². The van der Waals surface area contributed by atoms with E-state index in [2.05, 4.69) is 6.92 Å². The SMILES string of the molecule is CCCCN(Cc1cccn1C)C(=O)CN(CCOC)C(=O)c1ccc(C)c([N+](=O)[O-])c1. The standard InChI is InChI=1S/C23H32N4O5/c1-5-6-12-25(16-20-8-7-11-24(20)3)22(28)17-26(13-14-32-4)23(29)19-10-9-18(2)21(15-19)27(30)31/h7-11,15H,5-6,12-14,16-17H2,1-4H3. The highest BCUT2D eigenvalue weighted by molar-refractivity contribution is 5.97. The van der Waals surface area contributed by atoms with Crippen molar-refractivity contribution >= 4 is 17.5 Å². The van der Waals surface area contributed by atoms with Gasteiger partial charge in [0.2, 0.25) is 5.91 Å². The van der Waals surface area contributed by atoms with Gasteiger partial charge in [0, 0.05) is 56.3 Å². The number of unbranched alkanes of at least 4 members (excludes halogenated alkanes) is 1. The lowest BCUT2D eigenvalue weighted by molar-refractivity contribution is -0.385. The molecule has 0 aliphatic heterocycles. The van der Waals surface area contributed by atoms with Crippen LogP contribution in [0.1, 0.15) is 41.4 Å². The van der Waals surface area contributed by atoms with Crippen molar-refractivity contribution in [3.05, 3.63) is 63.5 Å². The fourth-order valence-corrected chi connectivity index (χ4v) is 3.34. The highest BCUT2D eigenvalue weighted by atomic mass is 16.6. The number of benzene rings is 1. The summed E-state index contributed by atoms with van der Waals surface area (Å²) < 4.78 is 7.08. The Hall–Kier alpha value is -3.20. The van der Waals surface area contributed by atoms with Crippen molar-refractivity contribution in [2.45, 2.75) is 33.2 Å². The van der Waals surface area contributed by atoms with Gasteiger partial charge in [-0.05, 0) is 31.5 Å². The van der Waals surface area contributed by atoms with Crippen LogP contribution in [-0.4, -0.2) is 64.5 Å². The number of nitrogens with zero attached hydrogens (tertiary/aromatic N) is 4. The molecule has 0 radical (unpaired) electrons. The predicted octanol–water partition coefficient (Wildman–Crippen LogP) is 3.16. The molecule has 174 valence electrons. The zero-order valence-corrected chi connectivity index (χ0v) is 19.2. The van der Waals surface area contributed by atoms with Crippen molar-refractivity contribution in [3.8, 4) is 0 Å². The van der Waals surface area contributed by atoms with Crippen molar-refractivity contribution in [1.82, 2.24) is 14.4 Å². The van der Waals surface area contributed by atoms with E-state index in [1.165, 1.54) is 18.1 Å². The summed E-state index contributed by atoms with van der Waals surface area (Å²) >= 11 is 0. The number of hydrogen-bond donors (Lipinski definition) is 0. The molecule has 9 heteroatoms. The molecule has 0 aliphatic carbocycles. The summed E-state index contributed by atoms with van der Waals surface area (Å²) in [5.41, 5.74) is 1.52. The molecule has 32 heavy (non-hydrogen) atoms. The van der Waals surface area contributed by atoms with E-state index in [1.54, 1.807) is 24.0 Å². The van der Waals surface area contributed by atoms with Gasteiger partial charge in [0.05, 0.1) is 18.1 Å². The number of carbonyl (C=O) groups excluding carboxylic acids is 2. The molecule has 0 spiro atoms. The maximum atomic E-state index is 13.2. The molecule has 9 nitrogen and oxygen atoms in total. The Morgan fingerprint density at radius 2 is 1.94 bits per heavy atom. The largest absolute Gasteiger partial charge is 0.383 e. The van der Waals surface area contributed by atoms with E-state index in [9.17, 15) is 19.7 Å². The van der Waals surface area contributed by atoms with Gasteiger partial charge < -0.3 is 19.1 Å². The summed E-state index contributed by atoms with van der Waals surface area (Å²) in [5.74, 6) is -0.612. The minimum Gasteiger partial charge on any atom is -0.383 e. The van der Waals surface area contributed by atoms with Crippen LogP contribution in [0.4, 0.5) is 5.69 Å². The lowest BCUT2D eigenvalue weighted by Crippen LogP contribution is -2.44. The zero-order valence-electron chi connectivity index (χ0n) is 19.2. The van der Waals surface area contributed by atoms with Gasteiger partial charge in [-0.3, -0.25) is 19.7 Å². The van der Waals surface area contributed by atoms with Gasteiger partial charge in [0.15, 0.2) is 0 Å². The van der Waals surface area contributed by atoms with Gasteiger partial charge in [0.1, 0.15) is 6.54 Å². The molecule has 2 aromatic rings. The number of rotatable bonds is 12. The number of amides is 2. The third-order valence-corrected chi connectivity index (χ3v) is 5.37. The second-order valence-corrected chi connectivity index (χ2v) is 7.76. The molecule has 0 atom stereocenters. The molecule has 0 aliphatic rings. The minimum absolute atomic E-state index is 0.123. The Bertz CT molecular complexity index is 940. The number of hydrogen-bond acceptors (Lipinski definition) is 5. The maximum absolute atomic E-state index is 13.2. The van der Waals surface area contributed by atoms with Crippen LogP contribution in [0.15, 0.2) is 36.5 Å². The number of aromatic nitrogens is 1. The highest BCUT2D eigenvalue weighted by Crippen LogP contribution is 2.20. The molecule has 0 unspecified atom stereocenters. The molecule has 2 amide bonds. The van der Waals surface area contributed by atoms with E-state index in [1.807, 2.05) is 29.9 Å². The summed E-state index contributed by atoms with van der Waals surface area (Å²) in [6.07, 6.45) is 3.72. The van der Waals surface area contributed by atoms with E-state index in [0.717, 1.165) is 18.5 Å².